The minimum atomic E-state index is -0.0175. The number of likely N-dealkylation sites (N-methyl/N-ethyl adjacent to an activating group) is 2. The van der Waals surface area contributed by atoms with Gasteiger partial charge in [0.2, 0.25) is 0 Å². The van der Waals surface area contributed by atoms with E-state index in [-0.39, 0.29) is 11.9 Å². The van der Waals surface area contributed by atoms with Crippen LogP contribution in [0.3, 0.4) is 0 Å². The predicted molar refractivity (Wildman–Crippen MR) is 178 cm³/mol. The standard InChI is InChI=1S/C36H72N2O4/c1-7-9-11-13-19-27-35(39)41-33-25-17-15-21-29-37(3,4)31-23-24-32-38(5,6)30-22-16-18-26-34-42-36(40)28-20-14-12-10-8-2/h23-24H,7-22,25-34H2,1-6H3/q+2/b24-23+. The number of rotatable bonds is 30. The molecule has 0 rings (SSSR count). The van der Waals surface area contributed by atoms with Crippen LogP contribution in [-0.4, -0.2) is 88.5 Å². The fourth-order valence-corrected chi connectivity index (χ4v) is 5.16. The third-order valence-electron chi connectivity index (χ3n) is 8.18. The van der Waals surface area contributed by atoms with Crippen molar-refractivity contribution in [1.29, 1.82) is 0 Å². The second-order valence-electron chi connectivity index (χ2n) is 13.8. The largest absolute Gasteiger partial charge is 0.466 e. The maximum absolute atomic E-state index is 11.8. The van der Waals surface area contributed by atoms with Gasteiger partial charge < -0.3 is 18.4 Å². The van der Waals surface area contributed by atoms with Crippen LogP contribution in [-0.2, 0) is 19.1 Å². The van der Waals surface area contributed by atoms with Crippen molar-refractivity contribution in [2.45, 2.75) is 142 Å². The molecule has 248 valence electrons. The molecule has 0 unspecified atom stereocenters. The Labute approximate surface area is 261 Å². The van der Waals surface area contributed by atoms with Gasteiger partial charge in [-0.1, -0.05) is 65.2 Å². The van der Waals surface area contributed by atoms with Gasteiger partial charge in [-0.2, -0.15) is 0 Å². The smallest absolute Gasteiger partial charge is 0.305 e. The first-order valence-electron chi connectivity index (χ1n) is 17.7. The van der Waals surface area contributed by atoms with Crippen molar-refractivity contribution in [3.8, 4) is 0 Å². The Balaban J connectivity index is 3.75. The molecule has 0 aromatic rings. The third-order valence-corrected chi connectivity index (χ3v) is 8.18. The van der Waals surface area contributed by atoms with Crippen molar-refractivity contribution >= 4 is 11.9 Å². The van der Waals surface area contributed by atoms with E-state index < -0.39 is 0 Å². The number of hydrogen-bond acceptors (Lipinski definition) is 4. The molecule has 0 N–H and O–H groups in total. The number of hydrogen-bond donors (Lipinski definition) is 0. The minimum absolute atomic E-state index is 0.0175. The Kier molecular flexibility index (Phi) is 26.3. The fraction of sp³-hybridized carbons (Fsp3) is 0.889. The molecule has 0 saturated heterocycles. The quantitative estimate of drug-likeness (QED) is 0.0360. The highest BCUT2D eigenvalue weighted by Crippen LogP contribution is 2.10. The summed E-state index contributed by atoms with van der Waals surface area (Å²) < 4.78 is 12.8. The summed E-state index contributed by atoms with van der Waals surface area (Å²) in [5.41, 5.74) is 0. The topological polar surface area (TPSA) is 52.6 Å². The second-order valence-corrected chi connectivity index (χ2v) is 13.8. The summed E-state index contributed by atoms with van der Waals surface area (Å²) in [6.07, 6.45) is 26.6. The van der Waals surface area contributed by atoms with Crippen molar-refractivity contribution in [2.24, 2.45) is 0 Å². The summed E-state index contributed by atoms with van der Waals surface area (Å²) in [7, 11) is 9.27. The fourth-order valence-electron chi connectivity index (χ4n) is 5.16. The number of esters is 2. The Morgan fingerprint density at radius 1 is 0.476 bits per heavy atom. The van der Waals surface area contributed by atoms with Crippen LogP contribution in [0.15, 0.2) is 12.2 Å². The number of carbonyl (C=O) groups is 2. The molecule has 0 aliphatic carbocycles. The summed E-state index contributed by atoms with van der Waals surface area (Å²) in [5.74, 6) is -0.0351. The molecular weight excluding hydrogens is 524 g/mol. The number of carbonyl (C=O) groups excluding carboxylic acids is 2. The molecule has 0 aliphatic heterocycles. The molecule has 0 saturated carbocycles. The van der Waals surface area contributed by atoms with Gasteiger partial charge in [0.25, 0.3) is 0 Å². The number of quaternary nitrogens is 2. The molecule has 0 aromatic carbocycles. The van der Waals surface area contributed by atoms with Gasteiger partial charge in [0, 0.05) is 12.8 Å². The van der Waals surface area contributed by atoms with Crippen LogP contribution in [0.4, 0.5) is 0 Å². The number of ether oxygens (including phenoxy) is 2. The average molecular weight is 597 g/mol. The van der Waals surface area contributed by atoms with Gasteiger partial charge in [0.05, 0.1) is 67.6 Å². The zero-order chi connectivity index (χ0) is 31.4. The van der Waals surface area contributed by atoms with Crippen molar-refractivity contribution in [1.82, 2.24) is 0 Å². The summed E-state index contributed by atoms with van der Waals surface area (Å²) in [5, 5.41) is 0. The van der Waals surface area contributed by atoms with E-state index in [1.165, 1.54) is 77.3 Å². The maximum atomic E-state index is 11.8. The third kappa shape index (κ3) is 28.7. The van der Waals surface area contributed by atoms with Crippen LogP contribution in [0, 0.1) is 0 Å². The maximum Gasteiger partial charge on any atom is 0.305 e. The lowest BCUT2D eigenvalue weighted by atomic mass is 10.1. The lowest BCUT2D eigenvalue weighted by Crippen LogP contribution is -2.42. The van der Waals surface area contributed by atoms with Gasteiger partial charge in [-0.15, -0.1) is 0 Å². The molecule has 0 amide bonds. The normalized spacial score (nSPS) is 12.2. The van der Waals surface area contributed by atoms with Gasteiger partial charge in [0.15, 0.2) is 0 Å². The van der Waals surface area contributed by atoms with Gasteiger partial charge in [0.1, 0.15) is 0 Å². The first-order valence-corrected chi connectivity index (χ1v) is 17.7. The molecule has 0 spiro atoms. The zero-order valence-corrected chi connectivity index (χ0v) is 29.1. The first kappa shape index (κ1) is 40.6. The Hall–Kier alpha value is -1.40. The van der Waals surface area contributed by atoms with E-state index in [4.69, 9.17) is 9.47 Å². The van der Waals surface area contributed by atoms with Crippen molar-refractivity contribution < 1.29 is 28.0 Å². The Bertz CT molecular complexity index is 619. The Morgan fingerprint density at radius 3 is 1.19 bits per heavy atom. The van der Waals surface area contributed by atoms with Crippen LogP contribution in [0.1, 0.15) is 142 Å². The van der Waals surface area contributed by atoms with E-state index in [1.807, 2.05) is 0 Å². The van der Waals surface area contributed by atoms with Crippen LogP contribution < -0.4 is 0 Å². The average Bonchev–Trinajstić information content (AvgIpc) is 2.94. The van der Waals surface area contributed by atoms with Crippen LogP contribution in [0.25, 0.3) is 0 Å². The molecule has 0 radical (unpaired) electrons. The van der Waals surface area contributed by atoms with Crippen LogP contribution in [0.2, 0.25) is 0 Å². The monoisotopic (exact) mass is 597 g/mol. The number of unbranched alkanes of at least 4 members (excludes halogenated alkanes) is 14. The van der Waals surface area contributed by atoms with Crippen LogP contribution in [0.5, 0.6) is 0 Å². The van der Waals surface area contributed by atoms with E-state index in [0.717, 1.165) is 73.4 Å². The summed E-state index contributed by atoms with van der Waals surface area (Å²) in [4.78, 5) is 23.6. The van der Waals surface area contributed by atoms with Crippen molar-refractivity contribution in [2.75, 3.05) is 67.6 Å². The lowest BCUT2D eigenvalue weighted by molar-refractivity contribution is -0.887. The van der Waals surface area contributed by atoms with Gasteiger partial charge in [-0.25, -0.2) is 0 Å². The van der Waals surface area contributed by atoms with Gasteiger partial charge in [-0.3, -0.25) is 9.59 Å². The highest BCUT2D eigenvalue weighted by Gasteiger charge is 2.15. The van der Waals surface area contributed by atoms with E-state index in [1.54, 1.807) is 0 Å². The SMILES string of the molecule is CCCCCCCC(=O)OCCCCCC[N+](C)(C)C/C=C/C[N+](C)(C)CCCCCCOC(=O)CCCCCCC. The molecule has 0 bridgehead atoms. The van der Waals surface area contributed by atoms with Crippen molar-refractivity contribution in [3.05, 3.63) is 12.2 Å². The molecule has 0 fully saturated rings. The second kappa shape index (κ2) is 27.2. The predicted octanol–water partition coefficient (Wildman–Crippen LogP) is 8.62. The van der Waals surface area contributed by atoms with E-state index in [2.05, 4.69) is 54.2 Å². The van der Waals surface area contributed by atoms with Gasteiger partial charge in [-0.05, 0) is 76.4 Å². The molecule has 42 heavy (non-hydrogen) atoms. The molecule has 6 nitrogen and oxygen atoms in total. The zero-order valence-electron chi connectivity index (χ0n) is 29.1. The van der Waals surface area contributed by atoms with Gasteiger partial charge >= 0.3 is 11.9 Å². The minimum Gasteiger partial charge on any atom is -0.466 e. The van der Waals surface area contributed by atoms with Crippen molar-refractivity contribution in [3.63, 3.8) is 0 Å². The van der Waals surface area contributed by atoms with E-state index in [9.17, 15) is 9.59 Å². The summed E-state index contributed by atoms with van der Waals surface area (Å²) in [6.45, 7) is 10.1. The lowest BCUT2D eigenvalue weighted by Gasteiger charge is -2.30. The molecule has 0 aliphatic rings. The first-order chi connectivity index (χ1) is 20.1. The number of nitrogens with zero attached hydrogens (tertiary/aromatic N) is 2. The summed E-state index contributed by atoms with van der Waals surface area (Å²) >= 11 is 0. The molecule has 6 heteroatoms. The van der Waals surface area contributed by atoms with Crippen LogP contribution >= 0.6 is 0 Å². The van der Waals surface area contributed by atoms with E-state index in [0.29, 0.717) is 26.1 Å². The molecule has 0 heterocycles. The highest BCUT2D eigenvalue weighted by atomic mass is 16.5. The van der Waals surface area contributed by atoms with E-state index >= 15 is 0 Å². The molecular formula is C36H72N2O4+2. The summed E-state index contributed by atoms with van der Waals surface area (Å²) in [6, 6.07) is 0. The molecule has 0 aromatic heterocycles. The highest BCUT2D eigenvalue weighted by molar-refractivity contribution is 5.69. The Morgan fingerprint density at radius 2 is 0.810 bits per heavy atom. The molecule has 0 atom stereocenters.